The van der Waals surface area contributed by atoms with Crippen molar-refractivity contribution in [2.75, 3.05) is 7.11 Å². The Morgan fingerprint density at radius 1 is 1.46 bits per heavy atom. The Hall–Kier alpha value is -0.740. The second-order valence-electron chi connectivity index (χ2n) is 2.56. The summed E-state index contributed by atoms with van der Waals surface area (Å²) in [6.45, 7) is 0. The first kappa shape index (κ1) is 8.84. The van der Waals surface area contributed by atoms with E-state index in [1.165, 1.54) is 11.3 Å². The van der Waals surface area contributed by atoms with Crippen LogP contribution in [0.15, 0.2) is 22.7 Å². The van der Waals surface area contributed by atoms with Gasteiger partial charge in [0.05, 0.1) is 12.5 Å². The molecule has 1 N–H and O–H groups in total. The Labute approximate surface area is 87.9 Å². The van der Waals surface area contributed by atoms with Crippen molar-refractivity contribution in [2.24, 2.45) is 0 Å². The molecule has 68 valence electrons. The fourth-order valence-electron chi connectivity index (χ4n) is 1.21. The minimum Gasteiger partial charge on any atom is -0.503 e. The number of methoxy groups -OCH3 is 1. The molecule has 0 spiro atoms. The van der Waals surface area contributed by atoms with Crippen molar-refractivity contribution in [3.63, 3.8) is 0 Å². The van der Waals surface area contributed by atoms with Gasteiger partial charge in [-0.05, 0) is 28.1 Å². The van der Waals surface area contributed by atoms with Gasteiger partial charge >= 0.3 is 0 Å². The van der Waals surface area contributed by atoms with E-state index < -0.39 is 0 Å². The molecule has 1 aromatic carbocycles. The van der Waals surface area contributed by atoms with Gasteiger partial charge in [0.1, 0.15) is 0 Å². The normalized spacial score (nSPS) is 10.6. The Morgan fingerprint density at radius 3 is 2.85 bits per heavy atom. The van der Waals surface area contributed by atoms with Crippen LogP contribution < -0.4 is 4.74 Å². The van der Waals surface area contributed by atoms with Crippen molar-refractivity contribution in [2.45, 2.75) is 0 Å². The number of benzene rings is 1. The summed E-state index contributed by atoms with van der Waals surface area (Å²) in [5.41, 5.74) is 0. The molecule has 0 aliphatic heterocycles. The molecule has 0 unspecified atom stereocenters. The first-order chi connectivity index (χ1) is 6.24. The largest absolute Gasteiger partial charge is 0.503 e. The van der Waals surface area contributed by atoms with Gasteiger partial charge in [0, 0.05) is 9.17 Å². The maximum atomic E-state index is 9.73. The molecule has 0 amide bonds. The molecule has 0 aliphatic carbocycles. The highest BCUT2D eigenvalue weighted by Gasteiger charge is 2.13. The zero-order valence-corrected chi connectivity index (χ0v) is 9.28. The molecule has 1 heterocycles. The smallest absolute Gasteiger partial charge is 0.217 e. The minimum absolute atomic E-state index is 0.218. The summed E-state index contributed by atoms with van der Waals surface area (Å²) < 4.78 is 6.94. The van der Waals surface area contributed by atoms with Crippen LogP contribution in [0.4, 0.5) is 0 Å². The number of aromatic hydroxyl groups is 1. The molecular weight excluding hydrogens is 252 g/mol. The van der Waals surface area contributed by atoms with Gasteiger partial charge in [0.15, 0.2) is 5.75 Å². The van der Waals surface area contributed by atoms with E-state index >= 15 is 0 Å². The summed E-state index contributed by atoms with van der Waals surface area (Å²) >= 11 is 4.82. The molecule has 0 fully saturated rings. The highest BCUT2D eigenvalue weighted by atomic mass is 79.9. The Morgan fingerprint density at radius 2 is 2.23 bits per heavy atom. The number of hydrogen-bond donors (Lipinski definition) is 1. The number of halogens is 1. The number of hydrogen-bond acceptors (Lipinski definition) is 3. The highest BCUT2D eigenvalue weighted by Crippen LogP contribution is 2.45. The number of ether oxygens (including phenoxy) is 1. The van der Waals surface area contributed by atoms with Gasteiger partial charge in [-0.2, -0.15) is 0 Å². The van der Waals surface area contributed by atoms with E-state index in [-0.39, 0.29) is 5.75 Å². The molecule has 0 radical (unpaired) electrons. The van der Waals surface area contributed by atoms with Crippen LogP contribution in [0.2, 0.25) is 0 Å². The number of rotatable bonds is 1. The lowest BCUT2D eigenvalue weighted by Gasteiger charge is -1.95. The predicted octanol–water partition coefficient (Wildman–Crippen LogP) is 3.38. The molecule has 4 heteroatoms. The fraction of sp³-hybridized carbons (Fsp3) is 0.111. The molecule has 2 aromatic rings. The van der Waals surface area contributed by atoms with E-state index in [4.69, 9.17) is 4.74 Å². The van der Waals surface area contributed by atoms with E-state index in [9.17, 15) is 5.11 Å². The van der Waals surface area contributed by atoms with Crippen LogP contribution in [-0.4, -0.2) is 12.2 Å². The molecule has 2 rings (SSSR count). The van der Waals surface area contributed by atoms with E-state index in [1.54, 1.807) is 7.11 Å². The van der Waals surface area contributed by atoms with E-state index in [2.05, 4.69) is 15.9 Å². The first-order valence-electron chi connectivity index (χ1n) is 3.68. The van der Waals surface area contributed by atoms with Crippen molar-refractivity contribution in [3.8, 4) is 10.8 Å². The Bertz CT molecular complexity index is 450. The molecule has 13 heavy (non-hydrogen) atoms. The lowest BCUT2D eigenvalue weighted by Crippen LogP contribution is -1.76. The van der Waals surface area contributed by atoms with Crippen molar-refractivity contribution in [3.05, 3.63) is 22.7 Å². The standard InChI is InChI=1S/C9H7BrO2S/c1-12-9-8(11)7-5(10)3-2-4-6(7)13-9/h2-4,11H,1H3. The molecule has 0 saturated carbocycles. The quantitative estimate of drug-likeness (QED) is 0.850. The Kier molecular flexibility index (Phi) is 2.17. The van der Waals surface area contributed by atoms with Crippen LogP contribution in [0.5, 0.6) is 10.8 Å². The summed E-state index contributed by atoms with van der Waals surface area (Å²) in [6, 6.07) is 5.78. The zero-order valence-electron chi connectivity index (χ0n) is 6.87. The maximum absolute atomic E-state index is 9.73. The first-order valence-corrected chi connectivity index (χ1v) is 5.29. The van der Waals surface area contributed by atoms with E-state index in [1.807, 2.05) is 18.2 Å². The number of fused-ring (bicyclic) bond motifs is 1. The second-order valence-corrected chi connectivity index (χ2v) is 4.42. The van der Waals surface area contributed by atoms with E-state index in [0.29, 0.717) is 5.06 Å². The number of thiophene rings is 1. The van der Waals surface area contributed by atoms with Crippen LogP contribution in [0.3, 0.4) is 0 Å². The van der Waals surface area contributed by atoms with Gasteiger partial charge in [0.25, 0.3) is 0 Å². The lowest BCUT2D eigenvalue weighted by atomic mass is 10.2. The van der Waals surface area contributed by atoms with E-state index in [0.717, 1.165) is 14.6 Å². The fourth-order valence-corrected chi connectivity index (χ4v) is 2.83. The van der Waals surface area contributed by atoms with Crippen molar-refractivity contribution in [1.82, 2.24) is 0 Å². The molecule has 1 aromatic heterocycles. The highest BCUT2D eigenvalue weighted by molar-refractivity contribution is 9.10. The Balaban J connectivity index is 2.85. The van der Waals surface area contributed by atoms with Gasteiger partial charge in [0.2, 0.25) is 5.06 Å². The minimum atomic E-state index is 0.218. The van der Waals surface area contributed by atoms with Crippen molar-refractivity contribution >= 4 is 37.4 Å². The average molecular weight is 259 g/mol. The topological polar surface area (TPSA) is 29.5 Å². The summed E-state index contributed by atoms with van der Waals surface area (Å²) in [7, 11) is 1.55. The molecule has 0 saturated heterocycles. The maximum Gasteiger partial charge on any atom is 0.217 e. The summed E-state index contributed by atoms with van der Waals surface area (Å²) in [6.07, 6.45) is 0. The van der Waals surface area contributed by atoms with Crippen LogP contribution in [0.1, 0.15) is 0 Å². The SMILES string of the molecule is COc1sc2cccc(Br)c2c1O. The third-order valence-electron chi connectivity index (χ3n) is 1.79. The van der Waals surface area contributed by atoms with Crippen LogP contribution in [-0.2, 0) is 0 Å². The molecule has 2 nitrogen and oxygen atoms in total. The van der Waals surface area contributed by atoms with Crippen LogP contribution in [0, 0.1) is 0 Å². The molecule has 0 atom stereocenters. The molecule has 0 aliphatic rings. The van der Waals surface area contributed by atoms with Crippen LogP contribution >= 0.6 is 27.3 Å². The van der Waals surface area contributed by atoms with Crippen molar-refractivity contribution in [1.29, 1.82) is 0 Å². The van der Waals surface area contributed by atoms with Crippen LogP contribution in [0.25, 0.3) is 10.1 Å². The molecular formula is C9H7BrO2S. The third kappa shape index (κ3) is 1.30. The monoisotopic (exact) mass is 258 g/mol. The van der Waals surface area contributed by atoms with Gasteiger partial charge in [-0.1, -0.05) is 17.4 Å². The van der Waals surface area contributed by atoms with Gasteiger partial charge in [-0.15, -0.1) is 0 Å². The van der Waals surface area contributed by atoms with Crippen molar-refractivity contribution < 1.29 is 9.84 Å². The second kappa shape index (κ2) is 3.20. The average Bonchev–Trinajstić information content (AvgIpc) is 2.44. The zero-order chi connectivity index (χ0) is 9.42. The van der Waals surface area contributed by atoms with Gasteiger partial charge in [-0.3, -0.25) is 0 Å². The summed E-state index contributed by atoms with van der Waals surface area (Å²) in [5.74, 6) is 0.218. The lowest BCUT2D eigenvalue weighted by molar-refractivity contribution is 0.388. The van der Waals surface area contributed by atoms with Gasteiger partial charge < -0.3 is 9.84 Å². The van der Waals surface area contributed by atoms with Gasteiger partial charge in [-0.25, -0.2) is 0 Å². The summed E-state index contributed by atoms with van der Waals surface area (Å²) in [4.78, 5) is 0. The summed E-state index contributed by atoms with van der Waals surface area (Å²) in [5, 5.41) is 11.1. The predicted molar refractivity (Wildman–Crippen MR) is 57.7 cm³/mol. The third-order valence-corrected chi connectivity index (χ3v) is 3.56. The molecule has 0 bridgehead atoms.